The van der Waals surface area contributed by atoms with Gasteiger partial charge in [0.1, 0.15) is 18.1 Å². The van der Waals surface area contributed by atoms with Gasteiger partial charge in [0.05, 0.1) is 11.9 Å². The van der Waals surface area contributed by atoms with Crippen molar-refractivity contribution in [1.82, 2.24) is 15.1 Å². The highest BCUT2D eigenvalue weighted by molar-refractivity contribution is 5.96. The summed E-state index contributed by atoms with van der Waals surface area (Å²) in [7, 11) is 0. The number of nitrogens with one attached hydrogen (secondary N) is 2. The summed E-state index contributed by atoms with van der Waals surface area (Å²) >= 11 is 0. The number of hydrogen-bond acceptors (Lipinski definition) is 4. The fourth-order valence-electron chi connectivity index (χ4n) is 3.13. The molecular formula is C20H25FN4O3. The first-order chi connectivity index (χ1) is 13.3. The molecule has 1 heterocycles. The predicted octanol–water partition coefficient (Wildman–Crippen LogP) is 2.88. The number of amides is 2. The summed E-state index contributed by atoms with van der Waals surface area (Å²) in [4.78, 5) is 24.6. The molecule has 2 aromatic rings. The number of halogens is 1. The van der Waals surface area contributed by atoms with E-state index < -0.39 is 5.60 Å². The number of carbonyl (C=O) groups is 2. The minimum absolute atomic E-state index is 0.0900. The first-order valence-corrected chi connectivity index (χ1v) is 9.40. The molecule has 0 atom stereocenters. The van der Waals surface area contributed by atoms with Gasteiger partial charge in [-0.3, -0.25) is 14.3 Å². The molecule has 2 N–H and O–H groups in total. The van der Waals surface area contributed by atoms with E-state index >= 15 is 0 Å². The highest BCUT2D eigenvalue weighted by Crippen LogP contribution is 2.21. The molecule has 1 aromatic heterocycles. The second kappa shape index (κ2) is 8.41. The van der Waals surface area contributed by atoms with Crippen molar-refractivity contribution in [2.45, 2.75) is 57.7 Å². The van der Waals surface area contributed by atoms with Gasteiger partial charge in [-0.15, -0.1) is 0 Å². The third-order valence-corrected chi connectivity index (χ3v) is 4.65. The molecule has 3 rings (SSSR count). The van der Waals surface area contributed by atoms with Crippen molar-refractivity contribution in [3.63, 3.8) is 0 Å². The normalized spacial score (nSPS) is 14.7. The Morgan fingerprint density at radius 2 is 1.93 bits per heavy atom. The van der Waals surface area contributed by atoms with Crippen LogP contribution in [0.25, 0.3) is 0 Å². The highest BCUT2D eigenvalue weighted by atomic mass is 19.1. The molecule has 8 heteroatoms. The molecule has 0 bridgehead atoms. The van der Waals surface area contributed by atoms with Crippen LogP contribution in [0.1, 0.15) is 39.5 Å². The molecule has 1 aliphatic carbocycles. The lowest BCUT2D eigenvalue weighted by atomic mass is 10.1. The molecule has 1 fully saturated rings. The predicted molar refractivity (Wildman–Crippen MR) is 102 cm³/mol. The number of carbonyl (C=O) groups excluding carboxylic acids is 2. The summed E-state index contributed by atoms with van der Waals surface area (Å²) in [6, 6.07) is 5.72. The van der Waals surface area contributed by atoms with E-state index in [0.717, 1.165) is 25.7 Å². The van der Waals surface area contributed by atoms with E-state index in [4.69, 9.17) is 4.74 Å². The van der Waals surface area contributed by atoms with Gasteiger partial charge in [-0.25, -0.2) is 4.39 Å². The number of hydrogen-bond donors (Lipinski definition) is 2. The molecule has 28 heavy (non-hydrogen) atoms. The lowest BCUT2D eigenvalue weighted by Crippen LogP contribution is -2.42. The molecule has 0 saturated heterocycles. The Labute approximate surface area is 163 Å². The second-order valence-corrected chi connectivity index (χ2v) is 7.50. The average Bonchev–Trinajstić information content (AvgIpc) is 3.29. The van der Waals surface area contributed by atoms with Gasteiger partial charge in [0.15, 0.2) is 5.60 Å². The molecule has 0 radical (unpaired) electrons. The largest absolute Gasteiger partial charge is 0.478 e. The van der Waals surface area contributed by atoms with Crippen molar-refractivity contribution in [3.05, 3.63) is 42.5 Å². The first-order valence-electron chi connectivity index (χ1n) is 9.40. The van der Waals surface area contributed by atoms with Crippen LogP contribution in [-0.2, 0) is 16.1 Å². The summed E-state index contributed by atoms with van der Waals surface area (Å²) in [6.07, 6.45) is 7.43. The van der Waals surface area contributed by atoms with Gasteiger partial charge < -0.3 is 15.4 Å². The second-order valence-electron chi connectivity index (χ2n) is 7.50. The van der Waals surface area contributed by atoms with Crippen LogP contribution in [0, 0.1) is 5.82 Å². The van der Waals surface area contributed by atoms with E-state index in [1.807, 2.05) is 0 Å². The maximum Gasteiger partial charge on any atom is 0.268 e. The molecular weight excluding hydrogens is 363 g/mol. The standard InChI is InChI=1S/C20H25FN4O3/c1-20(2,28-17-9-7-14(21)8-10-17)19(27)24-16-11-22-25(12-16)13-18(26)23-15-5-3-4-6-15/h7-12,15H,3-6,13H2,1-2H3,(H,23,26)(H,24,27). The van der Waals surface area contributed by atoms with Gasteiger partial charge in [-0.2, -0.15) is 5.10 Å². The molecule has 1 saturated carbocycles. The monoisotopic (exact) mass is 388 g/mol. The molecule has 1 aliphatic rings. The Balaban J connectivity index is 1.53. The van der Waals surface area contributed by atoms with Gasteiger partial charge in [-0.1, -0.05) is 12.8 Å². The zero-order valence-corrected chi connectivity index (χ0v) is 16.1. The fraction of sp³-hybridized carbons (Fsp3) is 0.450. The van der Waals surface area contributed by atoms with Crippen molar-refractivity contribution in [2.75, 3.05) is 5.32 Å². The lowest BCUT2D eigenvalue weighted by Gasteiger charge is -2.25. The Bertz CT molecular complexity index is 826. The van der Waals surface area contributed by atoms with Crippen LogP contribution in [0.3, 0.4) is 0 Å². The SMILES string of the molecule is CC(C)(Oc1ccc(F)cc1)C(=O)Nc1cnn(CC(=O)NC2CCCC2)c1. The summed E-state index contributed by atoms with van der Waals surface area (Å²) in [5.74, 6) is -0.459. The van der Waals surface area contributed by atoms with Crippen LogP contribution in [0.5, 0.6) is 5.75 Å². The molecule has 0 unspecified atom stereocenters. The van der Waals surface area contributed by atoms with Crippen LogP contribution in [0.2, 0.25) is 0 Å². The van der Waals surface area contributed by atoms with Crippen molar-refractivity contribution in [3.8, 4) is 5.75 Å². The minimum Gasteiger partial charge on any atom is -0.478 e. The molecule has 1 aromatic carbocycles. The molecule has 0 spiro atoms. The van der Waals surface area contributed by atoms with Gasteiger partial charge >= 0.3 is 0 Å². The average molecular weight is 388 g/mol. The zero-order chi connectivity index (χ0) is 20.1. The lowest BCUT2D eigenvalue weighted by molar-refractivity contribution is -0.128. The molecule has 2 amide bonds. The highest BCUT2D eigenvalue weighted by Gasteiger charge is 2.30. The van der Waals surface area contributed by atoms with E-state index in [2.05, 4.69) is 15.7 Å². The number of aromatic nitrogens is 2. The number of benzene rings is 1. The van der Waals surface area contributed by atoms with E-state index in [1.54, 1.807) is 20.0 Å². The van der Waals surface area contributed by atoms with Crippen molar-refractivity contribution >= 4 is 17.5 Å². The third-order valence-electron chi connectivity index (χ3n) is 4.65. The van der Waals surface area contributed by atoms with Gasteiger partial charge in [0.2, 0.25) is 5.91 Å². The van der Waals surface area contributed by atoms with E-state index in [0.29, 0.717) is 11.4 Å². The van der Waals surface area contributed by atoms with Crippen LogP contribution in [0.4, 0.5) is 10.1 Å². The molecule has 0 aliphatic heterocycles. The van der Waals surface area contributed by atoms with Crippen LogP contribution < -0.4 is 15.4 Å². The topological polar surface area (TPSA) is 85.2 Å². The van der Waals surface area contributed by atoms with Crippen LogP contribution in [0.15, 0.2) is 36.7 Å². The number of anilines is 1. The maximum absolute atomic E-state index is 13.0. The molecule has 7 nitrogen and oxygen atoms in total. The third kappa shape index (κ3) is 5.31. The summed E-state index contributed by atoms with van der Waals surface area (Å²) in [5, 5.41) is 9.84. The number of nitrogens with zero attached hydrogens (tertiary/aromatic N) is 2. The summed E-state index contributed by atoms with van der Waals surface area (Å²) in [5.41, 5.74) is -0.714. The van der Waals surface area contributed by atoms with E-state index in [-0.39, 0.29) is 30.2 Å². The quantitative estimate of drug-likeness (QED) is 0.764. The Kier molecular flexibility index (Phi) is 5.96. The molecule has 150 valence electrons. The van der Waals surface area contributed by atoms with Crippen molar-refractivity contribution in [2.24, 2.45) is 0 Å². The van der Waals surface area contributed by atoms with E-state index in [9.17, 15) is 14.0 Å². The number of ether oxygens (including phenoxy) is 1. The Morgan fingerprint density at radius 1 is 1.25 bits per heavy atom. The first kappa shape index (κ1) is 19.9. The van der Waals surface area contributed by atoms with Gasteiger partial charge in [0.25, 0.3) is 5.91 Å². The minimum atomic E-state index is -1.18. The van der Waals surface area contributed by atoms with Crippen LogP contribution in [-0.4, -0.2) is 33.2 Å². The smallest absolute Gasteiger partial charge is 0.268 e. The van der Waals surface area contributed by atoms with Gasteiger partial charge in [-0.05, 0) is 51.0 Å². The van der Waals surface area contributed by atoms with Crippen LogP contribution >= 0.6 is 0 Å². The summed E-state index contributed by atoms with van der Waals surface area (Å²) in [6.45, 7) is 3.33. The van der Waals surface area contributed by atoms with Crippen molar-refractivity contribution in [1.29, 1.82) is 0 Å². The van der Waals surface area contributed by atoms with E-state index in [1.165, 1.54) is 35.1 Å². The maximum atomic E-state index is 13.0. The van der Waals surface area contributed by atoms with Gasteiger partial charge in [0, 0.05) is 12.2 Å². The van der Waals surface area contributed by atoms with Crippen molar-refractivity contribution < 1.29 is 18.7 Å². The Morgan fingerprint density at radius 3 is 2.61 bits per heavy atom. The zero-order valence-electron chi connectivity index (χ0n) is 16.1. The Hall–Kier alpha value is -2.90. The number of rotatable bonds is 7. The fourth-order valence-corrected chi connectivity index (χ4v) is 3.13. The summed E-state index contributed by atoms with van der Waals surface area (Å²) < 4.78 is 20.1.